The summed E-state index contributed by atoms with van der Waals surface area (Å²) in [5.74, 6) is 0.220. The first-order valence-corrected chi connectivity index (χ1v) is 10.5. The Labute approximate surface area is 185 Å². The van der Waals surface area contributed by atoms with Crippen molar-refractivity contribution in [1.29, 1.82) is 0 Å². The first kappa shape index (κ1) is 20.1. The Kier molecular flexibility index (Phi) is 5.03. The van der Waals surface area contributed by atoms with Crippen molar-refractivity contribution in [2.45, 2.75) is 0 Å². The molecule has 32 heavy (non-hydrogen) atoms. The van der Waals surface area contributed by atoms with Gasteiger partial charge in [-0.25, -0.2) is 0 Å². The topological polar surface area (TPSA) is 93.9 Å². The van der Waals surface area contributed by atoms with Crippen LogP contribution in [0.5, 0.6) is 5.75 Å². The summed E-state index contributed by atoms with van der Waals surface area (Å²) in [6.45, 7) is 2.45. The van der Waals surface area contributed by atoms with Crippen LogP contribution in [0.1, 0.15) is 31.8 Å². The maximum absolute atomic E-state index is 13.5. The molecule has 7 heteroatoms. The van der Waals surface area contributed by atoms with E-state index in [9.17, 15) is 9.59 Å². The highest BCUT2D eigenvalue weighted by atomic mass is 16.5. The quantitative estimate of drug-likeness (QED) is 0.479. The van der Waals surface area contributed by atoms with Gasteiger partial charge in [0.15, 0.2) is 11.6 Å². The van der Waals surface area contributed by atoms with Crippen molar-refractivity contribution < 1.29 is 19.1 Å². The molecular formula is C25H23N3O4. The minimum Gasteiger partial charge on any atom is -0.497 e. The lowest BCUT2D eigenvalue weighted by Crippen LogP contribution is -2.37. The van der Waals surface area contributed by atoms with Crippen LogP contribution in [0.3, 0.4) is 0 Å². The Bertz CT molecular complexity index is 1230. The molecule has 1 aliphatic heterocycles. The SMILES string of the molecule is COc1cccc(Nc2cc(N3CCOCC3)c(N)c3c2C(=O)c2ccccc2C3=O)c1. The van der Waals surface area contributed by atoms with Gasteiger partial charge in [0.25, 0.3) is 0 Å². The number of nitrogens with zero attached hydrogens (tertiary/aromatic N) is 1. The highest BCUT2D eigenvalue weighted by Crippen LogP contribution is 2.42. The number of carbonyl (C=O) groups excluding carboxylic acids is 2. The molecule has 0 saturated carbocycles. The van der Waals surface area contributed by atoms with Crippen LogP contribution >= 0.6 is 0 Å². The maximum atomic E-state index is 13.5. The van der Waals surface area contributed by atoms with E-state index in [4.69, 9.17) is 15.2 Å². The van der Waals surface area contributed by atoms with Crippen LogP contribution < -0.4 is 20.7 Å². The smallest absolute Gasteiger partial charge is 0.196 e. The van der Waals surface area contributed by atoms with Gasteiger partial charge in [-0.2, -0.15) is 0 Å². The monoisotopic (exact) mass is 429 g/mol. The van der Waals surface area contributed by atoms with Gasteiger partial charge in [0, 0.05) is 36.0 Å². The third kappa shape index (κ3) is 3.27. The zero-order valence-electron chi connectivity index (χ0n) is 17.7. The normalized spacial score (nSPS) is 15.2. The number of nitrogens with one attached hydrogen (secondary N) is 1. The Balaban J connectivity index is 1.71. The van der Waals surface area contributed by atoms with E-state index in [0.29, 0.717) is 60.1 Å². The van der Waals surface area contributed by atoms with Crippen molar-refractivity contribution in [2.24, 2.45) is 0 Å². The van der Waals surface area contributed by atoms with Crippen LogP contribution in [0.25, 0.3) is 0 Å². The van der Waals surface area contributed by atoms with Gasteiger partial charge >= 0.3 is 0 Å². The van der Waals surface area contributed by atoms with Gasteiger partial charge in [-0.1, -0.05) is 30.3 Å². The van der Waals surface area contributed by atoms with E-state index >= 15 is 0 Å². The number of carbonyl (C=O) groups is 2. The summed E-state index contributed by atoms with van der Waals surface area (Å²) < 4.78 is 10.8. The number of rotatable bonds is 4. The maximum Gasteiger partial charge on any atom is 0.196 e. The van der Waals surface area contributed by atoms with Crippen molar-refractivity contribution >= 4 is 34.3 Å². The van der Waals surface area contributed by atoms with Crippen molar-refractivity contribution in [3.8, 4) is 5.75 Å². The molecule has 0 spiro atoms. The second kappa shape index (κ2) is 8.01. The minimum absolute atomic E-state index is 0.221. The fourth-order valence-corrected chi connectivity index (χ4v) is 4.32. The fourth-order valence-electron chi connectivity index (χ4n) is 4.32. The van der Waals surface area contributed by atoms with E-state index in [1.54, 1.807) is 31.4 Å². The number of anilines is 4. The average molecular weight is 429 g/mol. The van der Waals surface area contributed by atoms with E-state index in [2.05, 4.69) is 10.2 Å². The Morgan fingerprint density at radius 1 is 0.938 bits per heavy atom. The molecule has 162 valence electrons. The molecular weight excluding hydrogens is 406 g/mol. The van der Waals surface area contributed by atoms with Gasteiger partial charge in [-0.05, 0) is 18.2 Å². The summed E-state index contributed by atoms with van der Waals surface area (Å²) in [5.41, 5.74) is 10.2. The first-order chi connectivity index (χ1) is 15.6. The number of nitrogen functional groups attached to an aromatic ring is 1. The number of hydrogen-bond acceptors (Lipinski definition) is 7. The van der Waals surface area contributed by atoms with Crippen molar-refractivity contribution in [3.63, 3.8) is 0 Å². The van der Waals surface area contributed by atoms with Gasteiger partial charge < -0.3 is 25.4 Å². The van der Waals surface area contributed by atoms with Gasteiger partial charge in [-0.15, -0.1) is 0 Å². The number of methoxy groups -OCH3 is 1. The zero-order chi connectivity index (χ0) is 22.2. The molecule has 1 heterocycles. The lowest BCUT2D eigenvalue weighted by Gasteiger charge is -2.32. The number of hydrogen-bond donors (Lipinski definition) is 2. The van der Waals surface area contributed by atoms with Crippen LogP contribution in [-0.4, -0.2) is 45.0 Å². The lowest BCUT2D eigenvalue weighted by molar-refractivity contribution is 0.0980. The number of nitrogens with two attached hydrogens (primary N) is 1. The average Bonchev–Trinajstić information content (AvgIpc) is 2.84. The molecule has 0 unspecified atom stereocenters. The molecule has 3 aromatic rings. The first-order valence-electron chi connectivity index (χ1n) is 10.5. The van der Waals surface area contributed by atoms with Crippen molar-refractivity contribution in [2.75, 3.05) is 49.4 Å². The van der Waals surface area contributed by atoms with E-state index in [1.807, 2.05) is 30.3 Å². The van der Waals surface area contributed by atoms with E-state index in [-0.39, 0.29) is 17.1 Å². The Morgan fingerprint density at radius 2 is 1.62 bits per heavy atom. The number of morpholine rings is 1. The molecule has 2 aliphatic rings. The summed E-state index contributed by atoms with van der Waals surface area (Å²) in [4.78, 5) is 29.1. The molecule has 5 rings (SSSR count). The Morgan fingerprint density at radius 3 is 2.31 bits per heavy atom. The molecule has 1 aliphatic carbocycles. The number of fused-ring (bicyclic) bond motifs is 2. The zero-order valence-corrected chi connectivity index (χ0v) is 17.7. The number of benzene rings is 3. The molecule has 0 radical (unpaired) electrons. The molecule has 3 N–H and O–H groups in total. The molecule has 3 aromatic carbocycles. The van der Waals surface area contributed by atoms with Crippen LogP contribution in [0.15, 0.2) is 54.6 Å². The Hall–Kier alpha value is -3.84. The minimum atomic E-state index is -0.239. The lowest BCUT2D eigenvalue weighted by atomic mass is 9.81. The highest BCUT2D eigenvalue weighted by molar-refractivity contribution is 6.32. The molecule has 0 aromatic heterocycles. The van der Waals surface area contributed by atoms with Crippen LogP contribution in [0.2, 0.25) is 0 Å². The van der Waals surface area contributed by atoms with Crippen molar-refractivity contribution in [3.05, 3.63) is 76.9 Å². The summed E-state index contributed by atoms with van der Waals surface area (Å²) in [6.07, 6.45) is 0. The predicted molar refractivity (Wildman–Crippen MR) is 123 cm³/mol. The van der Waals surface area contributed by atoms with Crippen molar-refractivity contribution in [1.82, 2.24) is 0 Å². The standard InChI is InChI=1S/C25H23N3O4/c1-31-16-6-4-5-15(13-16)27-19-14-20(28-9-11-32-12-10-28)23(26)22-21(19)24(29)17-7-2-3-8-18(17)25(22)30/h2-8,13-14,27H,9-12,26H2,1H3. The second-order valence-electron chi connectivity index (χ2n) is 7.77. The number of ether oxygens (including phenoxy) is 2. The highest BCUT2D eigenvalue weighted by Gasteiger charge is 2.35. The van der Waals surface area contributed by atoms with Crippen LogP contribution in [-0.2, 0) is 4.74 Å². The molecule has 7 nitrogen and oxygen atoms in total. The second-order valence-corrected chi connectivity index (χ2v) is 7.77. The largest absolute Gasteiger partial charge is 0.497 e. The predicted octanol–water partition coefficient (Wildman–Crippen LogP) is 3.63. The molecule has 1 saturated heterocycles. The molecule has 0 atom stereocenters. The van der Waals surface area contributed by atoms with E-state index in [1.165, 1.54) is 0 Å². The third-order valence-corrected chi connectivity index (χ3v) is 5.92. The summed E-state index contributed by atoms with van der Waals surface area (Å²) in [6, 6.07) is 16.1. The molecule has 1 fully saturated rings. The third-order valence-electron chi connectivity index (χ3n) is 5.92. The fraction of sp³-hybridized carbons (Fsp3) is 0.200. The van der Waals surface area contributed by atoms with Gasteiger partial charge in [0.1, 0.15) is 5.75 Å². The van der Waals surface area contributed by atoms with Gasteiger partial charge in [0.2, 0.25) is 0 Å². The van der Waals surface area contributed by atoms with Crippen LogP contribution in [0.4, 0.5) is 22.7 Å². The van der Waals surface area contributed by atoms with E-state index in [0.717, 1.165) is 11.4 Å². The van der Waals surface area contributed by atoms with Crippen LogP contribution in [0, 0.1) is 0 Å². The summed E-state index contributed by atoms with van der Waals surface area (Å²) in [5, 5.41) is 3.33. The van der Waals surface area contributed by atoms with E-state index < -0.39 is 0 Å². The molecule has 0 bridgehead atoms. The van der Waals surface area contributed by atoms with Gasteiger partial charge in [-0.3, -0.25) is 9.59 Å². The summed E-state index contributed by atoms with van der Waals surface area (Å²) in [7, 11) is 1.60. The van der Waals surface area contributed by atoms with Gasteiger partial charge in [0.05, 0.1) is 48.5 Å². The summed E-state index contributed by atoms with van der Waals surface area (Å²) >= 11 is 0. The number of ketones is 2. The molecule has 0 amide bonds.